The summed E-state index contributed by atoms with van der Waals surface area (Å²) < 4.78 is 5.71. The summed E-state index contributed by atoms with van der Waals surface area (Å²) in [5, 5.41) is 3.39. The molecule has 1 N–H and O–H groups in total. The van der Waals surface area contributed by atoms with Gasteiger partial charge in [0.05, 0.1) is 6.61 Å². The van der Waals surface area contributed by atoms with Crippen LogP contribution < -0.4 is 10.1 Å². The lowest BCUT2D eigenvalue weighted by Gasteiger charge is -2.22. The van der Waals surface area contributed by atoms with E-state index in [2.05, 4.69) is 5.32 Å². The molecule has 1 aliphatic heterocycles. The lowest BCUT2D eigenvalue weighted by Crippen LogP contribution is -2.33. The molecular formula is C12H17NO. The van der Waals surface area contributed by atoms with Crippen molar-refractivity contribution in [1.29, 1.82) is 0 Å². The van der Waals surface area contributed by atoms with Crippen LogP contribution in [0.2, 0.25) is 0 Å². The molecule has 0 aromatic heterocycles. The molecule has 2 rings (SSSR count). The molecular weight excluding hydrogens is 174 g/mol. The minimum absolute atomic E-state index is 0.684. The van der Waals surface area contributed by atoms with Crippen molar-refractivity contribution in [1.82, 2.24) is 5.32 Å². The Hall–Kier alpha value is -1.02. The van der Waals surface area contributed by atoms with E-state index in [0.717, 1.165) is 18.9 Å². The third kappa shape index (κ3) is 2.74. The molecule has 0 spiro atoms. The first-order valence-corrected chi connectivity index (χ1v) is 5.34. The van der Waals surface area contributed by atoms with E-state index in [-0.39, 0.29) is 0 Å². The summed E-state index contributed by atoms with van der Waals surface area (Å²) in [5.41, 5.74) is 0. The topological polar surface area (TPSA) is 21.3 Å². The Morgan fingerprint density at radius 2 is 2.14 bits per heavy atom. The molecule has 1 aliphatic rings. The SMILES string of the molecule is c1ccc(OCC2CCCNC2)cc1. The standard InChI is InChI=1S/C12H17NO/c1-2-6-12(7-3-1)14-10-11-5-4-8-13-9-11/h1-3,6-7,11,13H,4-5,8-10H2. The molecule has 1 aromatic rings. The van der Waals surface area contributed by atoms with Gasteiger partial charge < -0.3 is 10.1 Å². The van der Waals surface area contributed by atoms with E-state index in [1.54, 1.807) is 0 Å². The maximum Gasteiger partial charge on any atom is 0.119 e. The fourth-order valence-corrected chi connectivity index (χ4v) is 1.80. The van der Waals surface area contributed by atoms with Gasteiger partial charge in [0.2, 0.25) is 0 Å². The highest BCUT2D eigenvalue weighted by Crippen LogP contribution is 2.14. The summed E-state index contributed by atoms with van der Waals surface area (Å²) in [6.07, 6.45) is 2.57. The number of rotatable bonds is 3. The van der Waals surface area contributed by atoms with Crippen LogP contribution in [0.15, 0.2) is 30.3 Å². The number of para-hydroxylation sites is 1. The zero-order valence-corrected chi connectivity index (χ0v) is 8.41. The Morgan fingerprint density at radius 3 is 2.86 bits per heavy atom. The summed E-state index contributed by atoms with van der Waals surface area (Å²) in [4.78, 5) is 0. The lowest BCUT2D eigenvalue weighted by molar-refractivity contribution is 0.218. The van der Waals surface area contributed by atoms with Crippen molar-refractivity contribution in [2.75, 3.05) is 19.7 Å². The van der Waals surface area contributed by atoms with E-state index in [0.29, 0.717) is 5.92 Å². The van der Waals surface area contributed by atoms with Crippen molar-refractivity contribution in [3.05, 3.63) is 30.3 Å². The van der Waals surface area contributed by atoms with Crippen LogP contribution in [0.5, 0.6) is 5.75 Å². The quantitative estimate of drug-likeness (QED) is 0.789. The smallest absolute Gasteiger partial charge is 0.119 e. The highest BCUT2D eigenvalue weighted by Gasteiger charge is 2.12. The average Bonchev–Trinajstić information content (AvgIpc) is 2.29. The molecule has 2 nitrogen and oxygen atoms in total. The van der Waals surface area contributed by atoms with Crippen molar-refractivity contribution in [3.63, 3.8) is 0 Å². The first-order valence-electron chi connectivity index (χ1n) is 5.34. The molecule has 0 radical (unpaired) electrons. The van der Waals surface area contributed by atoms with Gasteiger partial charge in [0, 0.05) is 12.5 Å². The molecule has 14 heavy (non-hydrogen) atoms. The Morgan fingerprint density at radius 1 is 1.29 bits per heavy atom. The monoisotopic (exact) mass is 191 g/mol. The van der Waals surface area contributed by atoms with Gasteiger partial charge in [0.15, 0.2) is 0 Å². The van der Waals surface area contributed by atoms with Gasteiger partial charge in [-0.25, -0.2) is 0 Å². The maximum absolute atomic E-state index is 5.71. The molecule has 2 heteroatoms. The minimum Gasteiger partial charge on any atom is -0.493 e. The summed E-state index contributed by atoms with van der Waals surface area (Å²) >= 11 is 0. The Bertz CT molecular complexity index is 254. The van der Waals surface area contributed by atoms with Crippen molar-refractivity contribution in [2.45, 2.75) is 12.8 Å². The fraction of sp³-hybridized carbons (Fsp3) is 0.500. The zero-order valence-electron chi connectivity index (χ0n) is 8.41. The second-order valence-corrected chi connectivity index (χ2v) is 3.84. The molecule has 0 aliphatic carbocycles. The Balaban J connectivity index is 1.76. The fourth-order valence-electron chi connectivity index (χ4n) is 1.80. The summed E-state index contributed by atoms with van der Waals surface area (Å²) in [6.45, 7) is 3.12. The number of ether oxygens (including phenoxy) is 1. The normalized spacial score (nSPS) is 21.9. The van der Waals surface area contributed by atoms with E-state index >= 15 is 0 Å². The molecule has 0 saturated carbocycles. The number of hydrogen-bond donors (Lipinski definition) is 1. The summed E-state index contributed by atoms with van der Waals surface area (Å²) in [6, 6.07) is 10.0. The van der Waals surface area contributed by atoms with Crippen molar-refractivity contribution in [2.24, 2.45) is 5.92 Å². The van der Waals surface area contributed by atoms with Crippen LogP contribution in [0, 0.1) is 5.92 Å². The van der Waals surface area contributed by atoms with E-state index in [1.165, 1.54) is 19.4 Å². The molecule has 1 aromatic carbocycles. The van der Waals surface area contributed by atoms with Crippen LogP contribution >= 0.6 is 0 Å². The Kier molecular flexibility index (Phi) is 3.41. The van der Waals surface area contributed by atoms with Crippen LogP contribution in [0.4, 0.5) is 0 Å². The highest BCUT2D eigenvalue weighted by atomic mass is 16.5. The molecule has 1 atom stereocenters. The van der Waals surface area contributed by atoms with Crippen molar-refractivity contribution < 1.29 is 4.74 Å². The second-order valence-electron chi connectivity index (χ2n) is 3.84. The lowest BCUT2D eigenvalue weighted by atomic mass is 10.0. The van der Waals surface area contributed by atoms with Crippen LogP contribution in [-0.2, 0) is 0 Å². The van der Waals surface area contributed by atoms with Crippen LogP contribution in [0.25, 0.3) is 0 Å². The van der Waals surface area contributed by atoms with Gasteiger partial charge in [-0.2, -0.15) is 0 Å². The van der Waals surface area contributed by atoms with Crippen LogP contribution in [0.1, 0.15) is 12.8 Å². The van der Waals surface area contributed by atoms with Gasteiger partial charge in [-0.05, 0) is 31.5 Å². The predicted molar refractivity (Wildman–Crippen MR) is 57.5 cm³/mol. The zero-order chi connectivity index (χ0) is 9.64. The van der Waals surface area contributed by atoms with E-state index in [9.17, 15) is 0 Å². The predicted octanol–water partition coefficient (Wildman–Crippen LogP) is 2.06. The number of piperidine rings is 1. The van der Waals surface area contributed by atoms with Gasteiger partial charge in [-0.1, -0.05) is 18.2 Å². The number of nitrogens with one attached hydrogen (secondary N) is 1. The molecule has 1 unspecified atom stereocenters. The molecule has 1 fully saturated rings. The number of hydrogen-bond acceptors (Lipinski definition) is 2. The highest BCUT2D eigenvalue weighted by molar-refractivity contribution is 5.20. The van der Waals surface area contributed by atoms with Gasteiger partial charge in [-0.15, -0.1) is 0 Å². The van der Waals surface area contributed by atoms with Gasteiger partial charge in [-0.3, -0.25) is 0 Å². The molecule has 76 valence electrons. The molecule has 1 heterocycles. The average molecular weight is 191 g/mol. The van der Waals surface area contributed by atoms with Gasteiger partial charge in [0.1, 0.15) is 5.75 Å². The Labute approximate surface area is 85.3 Å². The minimum atomic E-state index is 0.684. The van der Waals surface area contributed by atoms with E-state index in [4.69, 9.17) is 4.74 Å². The van der Waals surface area contributed by atoms with Crippen molar-refractivity contribution >= 4 is 0 Å². The van der Waals surface area contributed by atoms with E-state index < -0.39 is 0 Å². The maximum atomic E-state index is 5.71. The number of benzene rings is 1. The van der Waals surface area contributed by atoms with E-state index in [1.807, 2.05) is 30.3 Å². The summed E-state index contributed by atoms with van der Waals surface area (Å²) in [5.74, 6) is 1.67. The van der Waals surface area contributed by atoms with Gasteiger partial charge >= 0.3 is 0 Å². The van der Waals surface area contributed by atoms with Gasteiger partial charge in [0.25, 0.3) is 0 Å². The molecule has 0 bridgehead atoms. The molecule has 1 saturated heterocycles. The third-order valence-electron chi connectivity index (χ3n) is 2.63. The van der Waals surface area contributed by atoms with Crippen molar-refractivity contribution in [3.8, 4) is 5.75 Å². The first-order chi connectivity index (χ1) is 6.95. The van der Waals surface area contributed by atoms with Crippen LogP contribution in [0.3, 0.4) is 0 Å². The third-order valence-corrected chi connectivity index (χ3v) is 2.63. The molecule has 0 amide bonds. The first kappa shape index (κ1) is 9.53. The summed E-state index contributed by atoms with van der Waals surface area (Å²) in [7, 11) is 0. The second kappa shape index (κ2) is 5.01. The largest absolute Gasteiger partial charge is 0.493 e. The van der Waals surface area contributed by atoms with Crippen LogP contribution in [-0.4, -0.2) is 19.7 Å².